The zero-order chi connectivity index (χ0) is 17.2. The maximum Gasteiger partial charge on any atom is 0.418 e. The Hall–Kier alpha value is -2.64. The maximum absolute atomic E-state index is 12.9. The van der Waals surface area contributed by atoms with Gasteiger partial charge in [0.15, 0.2) is 11.6 Å². The highest BCUT2D eigenvalue weighted by Gasteiger charge is 2.33. The zero-order valence-electron chi connectivity index (χ0n) is 12.6. The normalized spacial score (nSPS) is 14.8. The molecule has 8 heteroatoms. The minimum absolute atomic E-state index is 0.0169. The van der Waals surface area contributed by atoms with Crippen LogP contribution in [0.5, 0.6) is 0 Å². The zero-order valence-corrected chi connectivity index (χ0v) is 12.6. The molecular weight excluding hydrogens is 321 g/mol. The molecule has 0 saturated heterocycles. The molecule has 0 bridgehead atoms. The van der Waals surface area contributed by atoms with E-state index in [-0.39, 0.29) is 29.1 Å². The van der Waals surface area contributed by atoms with E-state index in [9.17, 15) is 18.0 Å². The van der Waals surface area contributed by atoms with E-state index in [4.69, 9.17) is 0 Å². The van der Waals surface area contributed by atoms with E-state index in [1.807, 2.05) is 0 Å². The monoisotopic (exact) mass is 336 g/mol. The number of carbonyl (C=O) groups is 1. The summed E-state index contributed by atoms with van der Waals surface area (Å²) in [5.41, 5.74) is -0.889. The highest BCUT2D eigenvalue weighted by atomic mass is 19.4. The van der Waals surface area contributed by atoms with Gasteiger partial charge in [0.2, 0.25) is 5.91 Å². The van der Waals surface area contributed by atoms with E-state index in [1.54, 1.807) is 0 Å². The lowest BCUT2D eigenvalue weighted by atomic mass is 9.85. The molecule has 2 aromatic rings. The fraction of sp³-hybridized carbons (Fsp3) is 0.312. The number of anilines is 3. The number of hydrogen-bond acceptors (Lipinski definition) is 4. The van der Waals surface area contributed by atoms with Crippen molar-refractivity contribution in [1.82, 2.24) is 10.2 Å². The first-order valence-electron chi connectivity index (χ1n) is 7.51. The highest BCUT2D eigenvalue weighted by Crippen LogP contribution is 2.35. The standard InChI is InChI=1S/C16H15F3N4O/c17-16(18,19)11-6-1-2-7-12(11)20-13-8-9-14(23-22-13)21-15(24)10-4-3-5-10/h1-2,6-10H,3-5H2,(H,20,22)(H,21,23,24). The maximum atomic E-state index is 12.9. The molecule has 1 fully saturated rings. The second-order valence-electron chi connectivity index (χ2n) is 5.59. The molecule has 1 saturated carbocycles. The van der Waals surface area contributed by atoms with Gasteiger partial charge < -0.3 is 10.6 Å². The lowest BCUT2D eigenvalue weighted by Crippen LogP contribution is -2.28. The second kappa shape index (κ2) is 6.46. The Kier molecular flexibility index (Phi) is 4.37. The molecular formula is C16H15F3N4O. The Bertz CT molecular complexity index is 727. The van der Waals surface area contributed by atoms with Crippen molar-refractivity contribution < 1.29 is 18.0 Å². The highest BCUT2D eigenvalue weighted by molar-refractivity contribution is 5.92. The summed E-state index contributed by atoms with van der Waals surface area (Å²) >= 11 is 0. The van der Waals surface area contributed by atoms with Gasteiger partial charge >= 0.3 is 6.18 Å². The first-order valence-corrected chi connectivity index (χ1v) is 7.51. The van der Waals surface area contributed by atoms with Crippen LogP contribution in [0.2, 0.25) is 0 Å². The molecule has 2 N–H and O–H groups in total. The number of aromatic nitrogens is 2. The van der Waals surface area contributed by atoms with Gasteiger partial charge in [-0.15, -0.1) is 10.2 Å². The number of alkyl halides is 3. The average molecular weight is 336 g/mol. The molecule has 0 spiro atoms. The van der Waals surface area contributed by atoms with Crippen LogP contribution in [0.25, 0.3) is 0 Å². The molecule has 1 heterocycles. The van der Waals surface area contributed by atoms with Crippen LogP contribution in [-0.2, 0) is 11.0 Å². The van der Waals surface area contributed by atoms with E-state index < -0.39 is 11.7 Å². The van der Waals surface area contributed by atoms with Gasteiger partial charge in [0.1, 0.15) is 0 Å². The van der Waals surface area contributed by atoms with Crippen molar-refractivity contribution in [3.63, 3.8) is 0 Å². The third-order valence-electron chi connectivity index (χ3n) is 3.89. The number of amides is 1. The Morgan fingerprint density at radius 3 is 2.29 bits per heavy atom. The van der Waals surface area contributed by atoms with Crippen molar-refractivity contribution in [3.8, 4) is 0 Å². The van der Waals surface area contributed by atoms with Crippen LogP contribution in [0.4, 0.5) is 30.5 Å². The summed E-state index contributed by atoms with van der Waals surface area (Å²) in [4.78, 5) is 11.8. The Balaban J connectivity index is 1.69. The molecule has 5 nitrogen and oxygen atoms in total. The summed E-state index contributed by atoms with van der Waals surface area (Å²) < 4.78 is 38.8. The molecule has 1 aliphatic carbocycles. The van der Waals surface area contributed by atoms with Crippen molar-refractivity contribution in [3.05, 3.63) is 42.0 Å². The summed E-state index contributed by atoms with van der Waals surface area (Å²) in [6.07, 6.45) is -1.68. The van der Waals surface area contributed by atoms with Crippen molar-refractivity contribution in [2.75, 3.05) is 10.6 Å². The largest absolute Gasteiger partial charge is 0.418 e. The molecule has 1 aliphatic rings. The summed E-state index contributed by atoms with van der Waals surface area (Å²) in [5.74, 6) is 0.358. The lowest BCUT2D eigenvalue weighted by molar-refractivity contribution is -0.137. The Morgan fingerprint density at radius 2 is 1.71 bits per heavy atom. The number of para-hydroxylation sites is 1. The van der Waals surface area contributed by atoms with E-state index in [0.29, 0.717) is 0 Å². The van der Waals surface area contributed by atoms with Crippen LogP contribution >= 0.6 is 0 Å². The number of halogens is 3. The molecule has 0 radical (unpaired) electrons. The van der Waals surface area contributed by atoms with Crippen LogP contribution in [0.15, 0.2) is 36.4 Å². The Labute approximate surface area is 136 Å². The number of benzene rings is 1. The van der Waals surface area contributed by atoms with Gasteiger partial charge in [-0.3, -0.25) is 4.79 Å². The van der Waals surface area contributed by atoms with Gasteiger partial charge in [0, 0.05) is 5.92 Å². The predicted molar refractivity (Wildman–Crippen MR) is 82.7 cm³/mol. The number of nitrogens with zero attached hydrogens (tertiary/aromatic N) is 2. The van der Waals surface area contributed by atoms with Crippen molar-refractivity contribution in [2.24, 2.45) is 5.92 Å². The van der Waals surface area contributed by atoms with Crippen LogP contribution < -0.4 is 10.6 Å². The van der Waals surface area contributed by atoms with E-state index in [2.05, 4.69) is 20.8 Å². The summed E-state index contributed by atoms with van der Waals surface area (Å²) in [7, 11) is 0. The quantitative estimate of drug-likeness (QED) is 0.886. The summed E-state index contributed by atoms with van der Waals surface area (Å²) in [6, 6.07) is 8.09. The third-order valence-corrected chi connectivity index (χ3v) is 3.89. The predicted octanol–water partition coefficient (Wildman–Crippen LogP) is 3.98. The number of hydrogen-bond donors (Lipinski definition) is 2. The molecule has 1 aromatic heterocycles. The molecule has 1 amide bonds. The van der Waals surface area contributed by atoms with Crippen LogP contribution in [0.3, 0.4) is 0 Å². The number of rotatable bonds is 4. The number of carbonyl (C=O) groups excluding carboxylic acids is 1. The van der Waals surface area contributed by atoms with E-state index in [1.165, 1.54) is 30.3 Å². The molecule has 1 aromatic carbocycles. The van der Waals surface area contributed by atoms with Gasteiger partial charge in [-0.25, -0.2) is 0 Å². The molecule has 24 heavy (non-hydrogen) atoms. The minimum atomic E-state index is -4.46. The molecule has 0 unspecified atom stereocenters. The SMILES string of the molecule is O=C(Nc1ccc(Nc2ccccc2C(F)(F)F)nn1)C1CCC1. The van der Waals surface area contributed by atoms with Gasteiger partial charge in [0.25, 0.3) is 0 Å². The lowest BCUT2D eigenvalue weighted by Gasteiger charge is -2.23. The number of nitrogens with one attached hydrogen (secondary N) is 2. The van der Waals surface area contributed by atoms with Gasteiger partial charge in [-0.05, 0) is 37.1 Å². The molecule has 0 atom stereocenters. The van der Waals surface area contributed by atoms with Crippen LogP contribution in [-0.4, -0.2) is 16.1 Å². The fourth-order valence-electron chi connectivity index (χ4n) is 2.34. The Morgan fingerprint density at radius 1 is 1.04 bits per heavy atom. The van der Waals surface area contributed by atoms with Crippen molar-refractivity contribution in [2.45, 2.75) is 25.4 Å². The van der Waals surface area contributed by atoms with Crippen LogP contribution in [0.1, 0.15) is 24.8 Å². The van der Waals surface area contributed by atoms with E-state index in [0.717, 1.165) is 25.3 Å². The topological polar surface area (TPSA) is 66.9 Å². The molecule has 126 valence electrons. The summed E-state index contributed by atoms with van der Waals surface area (Å²) in [5, 5.41) is 12.9. The first-order chi connectivity index (χ1) is 11.4. The molecule has 3 rings (SSSR count). The molecule has 0 aliphatic heterocycles. The van der Waals surface area contributed by atoms with Gasteiger partial charge in [-0.1, -0.05) is 18.6 Å². The van der Waals surface area contributed by atoms with Gasteiger partial charge in [0.05, 0.1) is 11.3 Å². The first kappa shape index (κ1) is 16.2. The third kappa shape index (κ3) is 3.64. The summed E-state index contributed by atoms with van der Waals surface area (Å²) in [6.45, 7) is 0. The van der Waals surface area contributed by atoms with Crippen LogP contribution in [0, 0.1) is 5.92 Å². The average Bonchev–Trinajstić information content (AvgIpc) is 2.47. The smallest absolute Gasteiger partial charge is 0.338 e. The second-order valence-corrected chi connectivity index (χ2v) is 5.59. The van der Waals surface area contributed by atoms with Crippen molar-refractivity contribution >= 4 is 23.2 Å². The van der Waals surface area contributed by atoms with Gasteiger partial charge in [-0.2, -0.15) is 13.2 Å². The fourth-order valence-corrected chi connectivity index (χ4v) is 2.34. The van der Waals surface area contributed by atoms with Crippen molar-refractivity contribution in [1.29, 1.82) is 0 Å². The minimum Gasteiger partial charge on any atom is -0.338 e. The van der Waals surface area contributed by atoms with E-state index >= 15 is 0 Å².